The van der Waals surface area contributed by atoms with E-state index in [4.69, 9.17) is 16.9 Å². The fraction of sp³-hybridized carbons (Fsp3) is 0.0625. The number of carbonyl (C=O) groups is 1. The van der Waals surface area contributed by atoms with Crippen LogP contribution in [0.25, 0.3) is 11.0 Å². The highest BCUT2D eigenvalue weighted by atomic mass is 35.5. The van der Waals surface area contributed by atoms with Gasteiger partial charge in [-0.15, -0.1) is 0 Å². The van der Waals surface area contributed by atoms with Gasteiger partial charge in [0.05, 0.1) is 21.5 Å². The van der Waals surface area contributed by atoms with E-state index in [0.29, 0.717) is 27.2 Å². The van der Waals surface area contributed by atoms with Gasteiger partial charge in [0.15, 0.2) is 0 Å². The summed E-state index contributed by atoms with van der Waals surface area (Å²) in [6.07, 6.45) is 3.08. The number of benzene rings is 1. The smallest absolute Gasteiger partial charge is 0.253 e. The van der Waals surface area contributed by atoms with Gasteiger partial charge < -0.3 is 10.3 Å². The summed E-state index contributed by atoms with van der Waals surface area (Å²) in [5, 5.41) is 12.5. The summed E-state index contributed by atoms with van der Waals surface area (Å²) in [5.41, 5.74) is 1.47. The molecule has 114 valence electrons. The Balaban J connectivity index is 1.81. The lowest BCUT2D eigenvalue weighted by atomic mass is 10.1. The molecule has 0 radical (unpaired) electrons. The molecule has 3 rings (SSSR count). The largest absolute Gasteiger partial charge is 0.348 e. The number of aromatic nitrogens is 2. The Bertz CT molecular complexity index is 945. The van der Waals surface area contributed by atoms with Crippen molar-refractivity contribution < 1.29 is 9.18 Å². The minimum Gasteiger partial charge on any atom is -0.348 e. The van der Waals surface area contributed by atoms with Crippen molar-refractivity contribution in [2.24, 2.45) is 0 Å². The van der Waals surface area contributed by atoms with Gasteiger partial charge in [-0.25, -0.2) is 9.37 Å². The molecule has 7 heteroatoms. The number of hydrogen-bond donors (Lipinski definition) is 2. The van der Waals surface area contributed by atoms with E-state index in [2.05, 4.69) is 15.3 Å². The van der Waals surface area contributed by atoms with Crippen LogP contribution in [0.1, 0.15) is 21.5 Å². The fourth-order valence-corrected chi connectivity index (χ4v) is 2.49. The van der Waals surface area contributed by atoms with Crippen LogP contribution in [0.5, 0.6) is 0 Å². The van der Waals surface area contributed by atoms with E-state index in [0.717, 1.165) is 0 Å². The van der Waals surface area contributed by atoms with Crippen LogP contribution in [0.15, 0.2) is 36.7 Å². The van der Waals surface area contributed by atoms with Gasteiger partial charge >= 0.3 is 0 Å². The number of carbonyl (C=O) groups excluding carboxylic acids is 1. The van der Waals surface area contributed by atoms with E-state index in [1.807, 2.05) is 0 Å². The summed E-state index contributed by atoms with van der Waals surface area (Å²) in [6.45, 7) is 0.165. The molecule has 2 heterocycles. The number of halogens is 2. The Morgan fingerprint density at radius 3 is 3.04 bits per heavy atom. The molecule has 2 aromatic heterocycles. The Labute approximate surface area is 135 Å². The molecule has 23 heavy (non-hydrogen) atoms. The minimum atomic E-state index is -0.586. The molecular weight excluding hydrogens is 319 g/mol. The van der Waals surface area contributed by atoms with Crippen molar-refractivity contribution in [3.63, 3.8) is 0 Å². The summed E-state index contributed by atoms with van der Waals surface area (Å²) in [6, 6.07) is 7.49. The van der Waals surface area contributed by atoms with Crippen LogP contribution in [-0.2, 0) is 6.54 Å². The minimum absolute atomic E-state index is 0.0592. The standard InChI is InChI=1S/C16H10ClFN4O/c17-12-3-4-20-15-14(12)11(8-21-15)16(23)22-7-9-1-2-13(18)10(5-9)6-19/h1-5,8H,7H2,(H,20,21)(H,22,23). The molecule has 0 saturated heterocycles. The number of rotatable bonds is 3. The summed E-state index contributed by atoms with van der Waals surface area (Å²) in [4.78, 5) is 19.3. The third-order valence-corrected chi connectivity index (χ3v) is 3.69. The molecule has 0 atom stereocenters. The monoisotopic (exact) mass is 328 g/mol. The second kappa shape index (κ2) is 6.07. The van der Waals surface area contributed by atoms with Crippen LogP contribution in [0, 0.1) is 17.1 Å². The molecular formula is C16H10ClFN4O. The molecule has 2 N–H and O–H groups in total. The third-order valence-electron chi connectivity index (χ3n) is 3.37. The molecule has 0 aliphatic heterocycles. The molecule has 5 nitrogen and oxygen atoms in total. The van der Waals surface area contributed by atoms with Gasteiger partial charge in [-0.2, -0.15) is 5.26 Å². The highest BCUT2D eigenvalue weighted by Gasteiger charge is 2.15. The van der Waals surface area contributed by atoms with Crippen molar-refractivity contribution in [2.45, 2.75) is 6.54 Å². The van der Waals surface area contributed by atoms with E-state index < -0.39 is 5.82 Å². The highest BCUT2D eigenvalue weighted by Crippen LogP contribution is 2.24. The number of aromatic amines is 1. The maximum atomic E-state index is 13.3. The average molecular weight is 329 g/mol. The van der Waals surface area contributed by atoms with Crippen LogP contribution in [-0.4, -0.2) is 15.9 Å². The number of nitriles is 1. The van der Waals surface area contributed by atoms with Gasteiger partial charge in [-0.05, 0) is 23.8 Å². The molecule has 0 bridgehead atoms. The van der Waals surface area contributed by atoms with Crippen LogP contribution in [0.3, 0.4) is 0 Å². The first-order chi connectivity index (χ1) is 11.1. The molecule has 0 saturated carbocycles. The normalized spacial score (nSPS) is 10.5. The predicted octanol–water partition coefficient (Wildman–Crippen LogP) is 3.16. The number of hydrogen-bond acceptors (Lipinski definition) is 3. The Kier molecular flexibility index (Phi) is 3.96. The second-order valence-electron chi connectivity index (χ2n) is 4.83. The van der Waals surface area contributed by atoms with E-state index in [9.17, 15) is 9.18 Å². The quantitative estimate of drug-likeness (QED) is 0.775. The van der Waals surface area contributed by atoms with Gasteiger partial charge in [0.2, 0.25) is 0 Å². The van der Waals surface area contributed by atoms with Crippen molar-refractivity contribution in [3.8, 4) is 6.07 Å². The molecule has 0 unspecified atom stereocenters. The number of nitrogens with one attached hydrogen (secondary N) is 2. The molecule has 0 spiro atoms. The van der Waals surface area contributed by atoms with Crippen LogP contribution < -0.4 is 5.32 Å². The number of amides is 1. The third kappa shape index (κ3) is 2.87. The maximum Gasteiger partial charge on any atom is 0.253 e. The van der Waals surface area contributed by atoms with Crippen molar-refractivity contribution in [3.05, 3.63) is 64.2 Å². The zero-order chi connectivity index (χ0) is 16.4. The van der Waals surface area contributed by atoms with Crippen molar-refractivity contribution >= 4 is 28.5 Å². The zero-order valence-corrected chi connectivity index (χ0v) is 12.5. The fourth-order valence-electron chi connectivity index (χ4n) is 2.24. The van der Waals surface area contributed by atoms with Crippen molar-refractivity contribution in [1.29, 1.82) is 5.26 Å². The summed E-state index contributed by atoms with van der Waals surface area (Å²) >= 11 is 6.10. The van der Waals surface area contributed by atoms with E-state index in [1.165, 1.54) is 24.4 Å². The zero-order valence-electron chi connectivity index (χ0n) is 11.7. The number of pyridine rings is 1. The summed E-state index contributed by atoms with van der Waals surface area (Å²) in [5.74, 6) is -0.925. The lowest BCUT2D eigenvalue weighted by Crippen LogP contribution is -2.22. The second-order valence-corrected chi connectivity index (χ2v) is 5.23. The topological polar surface area (TPSA) is 81.6 Å². The van der Waals surface area contributed by atoms with Crippen LogP contribution in [0.2, 0.25) is 5.02 Å². The van der Waals surface area contributed by atoms with Gasteiger partial charge in [0, 0.05) is 18.9 Å². The van der Waals surface area contributed by atoms with Gasteiger partial charge in [-0.1, -0.05) is 17.7 Å². The predicted molar refractivity (Wildman–Crippen MR) is 83.4 cm³/mol. The molecule has 0 fully saturated rings. The molecule has 3 aromatic rings. The molecule has 1 aromatic carbocycles. The lowest BCUT2D eigenvalue weighted by molar-refractivity contribution is 0.0952. The molecule has 1 amide bonds. The van der Waals surface area contributed by atoms with Crippen molar-refractivity contribution in [2.75, 3.05) is 0 Å². The SMILES string of the molecule is N#Cc1cc(CNC(=O)c2c[nH]c3nccc(Cl)c23)ccc1F. The van der Waals surface area contributed by atoms with Crippen LogP contribution in [0.4, 0.5) is 4.39 Å². The first-order valence-corrected chi connectivity index (χ1v) is 7.06. The molecule has 0 aliphatic rings. The lowest BCUT2D eigenvalue weighted by Gasteiger charge is -2.06. The van der Waals surface area contributed by atoms with E-state index in [1.54, 1.807) is 18.3 Å². The number of fused-ring (bicyclic) bond motifs is 1. The number of nitrogens with zero attached hydrogens (tertiary/aromatic N) is 2. The Morgan fingerprint density at radius 2 is 2.26 bits per heavy atom. The van der Waals surface area contributed by atoms with Gasteiger partial charge in [0.1, 0.15) is 17.5 Å². The summed E-state index contributed by atoms with van der Waals surface area (Å²) < 4.78 is 13.3. The van der Waals surface area contributed by atoms with Gasteiger partial charge in [0.25, 0.3) is 5.91 Å². The highest BCUT2D eigenvalue weighted by molar-refractivity contribution is 6.36. The Morgan fingerprint density at radius 1 is 1.43 bits per heavy atom. The number of H-pyrrole nitrogens is 1. The van der Waals surface area contributed by atoms with Crippen LogP contribution >= 0.6 is 11.6 Å². The Hall–Kier alpha value is -2.91. The van der Waals surface area contributed by atoms with Gasteiger partial charge in [-0.3, -0.25) is 4.79 Å². The summed E-state index contributed by atoms with van der Waals surface area (Å²) in [7, 11) is 0. The first-order valence-electron chi connectivity index (χ1n) is 6.68. The first kappa shape index (κ1) is 15.0. The molecule has 0 aliphatic carbocycles. The average Bonchev–Trinajstić information content (AvgIpc) is 2.99. The van der Waals surface area contributed by atoms with Crippen molar-refractivity contribution in [1.82, 2.24) is 15.3 Å². The van der Waals surface area contributed by atoms with E-state index >= 15 is 0 Å². The van der Waals surface area contributed by atoms with E-state index in [-0.39, 0.29) is 18.0 Å². The maximum absolute atomic E-state index is 13.3.